The fraction of sp³-hybridized carbons (Fsp3) is 0.684. The second kappa shape index (κ2) is 7.62. The molecule has 5 nitrogen and oxygen atoms in total. The zero-order valence-corrected chi connectivity index (χ0v) is 14.7. The molecule has 3 heterocycles. The van der Waals surface area contributed by atoms with Gasteiger partial charge in [0.15, 0.2) is 0 Å². The van der Waals surface area contributed by atoms with Crippen LogP contribution in [0.5, 0.6) is 0 Å². The first-order valence-electron chi connectivity index (χ1n) is 8.98. The summed E-state index contributed by atoms with van der Waals surface area (Å²) in [6.07, 6.45) is 4.40. The lowest BCUT2D eigenvalue weighted by atomic mass is 9.81. The van der Waals surface area contributed by atoms with E-state index < -0.39 is 0 Å². The molecule has 0 radical (unpaired) electrons. The Morgan fingerprint density at radius 1 is 1.46 bits per heavy atom. The van der Waals surface area contributed by atoms with Crippen molar-refractivity contribution in [1.82, 2.24) is 9.88 Å². The van der Waals surface area contributed by atoms with Crippen molar-refractivity contribution in [2.45, 2.75) is 45.3 Å². The van der Waals surface area contributed by atoms with Crippen molar-refractivity contribution in [1.29, 1.82) is 0 Å². The number of nitrogens with zero attached hydrogens (tertiary/aromatic N) is 2. The van der Waals surface area contributed by atoms with E-state index in [1.165, 1.54) is 0 Å². The Morgan fingerprint density at radius 2 is 2.29 bits per heavy atom. The summed E-state index contributed by atoms with van der Waals surface area (Å²) in [5.41, 5.74) is 0.780. The molecule has 1 atom stereocenters. The van der Waals surface area contributed by atoms with Gasteiger partial charge in [-0.05, 0) is 30.9 Å². The first-order valence-corrected chi connectivity index (χ1v) is 8.98. The zero-order chi connectivity index (χ0) is 17.0. The van der Waals surface area contributed by atoms with E-state index in [9.17, 15) is 4.79 Å². The highest BCUT2D eigenvalue weighted by atomic mass is 16.5. The molecule has 2 saturated heterocycles. The minimum Gasteiger partial charge on any atom is -0.375 e. The van der Waals surface area contributed by atoms with Crippen molar-refractivity contribution in [2.24, 2.45) is 11.8 Å². The molecular formula is C19H28N2O3. The quantitative estimate of drug-likeness (QED) is 0.770. The topological polar surface area (TPSA) is 51.7 Å². The molecule has 5 heteroatoms. The second-order valence-corrected chi connectivity index (χ2v) is 7.42. The molecule has 2 aliphatic heterocycles. The van der Waals surface area contributed by atoms with E-state index >= 15 is 0 Å². The van der Waals surface area contributed by atoms with E-state index in [0.29, 0.717) is 31.5 Å². The average Bonchev–Trinajstić information content (AvgIpc) is 2.96. The van der Waals surface area contributed by atoms with Crippen LogP contribution < -0.4 is 0 Å². The maximum absolute atomic E-state index is 12.2. The largest absolute Gasteiger partial charge is 0.375 e. The molecule has 0 saturated carbocycles. The maximum atomic E-state index is 12.2. The molecule has 1 aromatic heterocycles. The number of rotatable bonds is 7. The Bertz CT molecular complexity index is 541. The Kier molecular flexibility index (Phi) is 5.51. The van der Waals surface area contributed by atoms with Gasteiger partial charge in [0.05, 0.1) is 32.0 Å². The summed E-state index contributed by atoms with van der Waals surface area (Å²) in [6.45, 7) is 7.73. The van der Waals surface area contributed by atoms with E-state index in [-0.39, 0.29) is 11.5 Å². The molecule has 1 aromatic rings. The zero-order valence-electron chi connectivity index (χ0n) is 14.7. The Balaban J connectivity index is 1.44. The highest BCUT2D eigenvalue weighted by Crippen LogP contribution is 2.40. The summed E-state index contributed by atoms with van der Waals surface area (Å²) in [7, 11) is 0. The minimum atomic E-state index is -0.169. The molecule has 0 aromatic carbocycles. The van der Waals surface area contributed by atoms with Gasteiger partial charge in [-0.3, -0.25) is 9.78 Å². The van der Waals surface area contributed by atoms with Crippen molar-refractivity contribution in [3.05, 3.63) is 30.1 Å². The van der Waals surface area contributed by atoms with E-state index in [4.69, 9.17) is 9.47 Å². The molecule has 24 heavy (non-hydrogen) atoms. The Labute approximate surface area is 144 Å². The molecule has 0 aliphatic carbocycles. The highest BCUT2D eigenvalue weighted by Gasteiger charge is 2.54. The fourth-order valence-electron chi connectivity index (χ4n) is 3.51. The van der Waals surface area contributed by atoms with Gasteiger partial charge >= 0.3 is 0 Å². The molecule has 2 fully saturated rings. The molecule has 3 rings (SSSR count). The molecule has 1 spiro atoms. The normalized spacial score (nSPS) is 22.1. The molecule has 0 bridgehead atoms. The van der Waals surface area contributed by atoms with Gasteiger partial charge in [0, 0.05) is 25.1 Å². The summed E-state index contributed by atoms with van der Waals surface area (Å²) < 4.78 is 11.9. The van der Waals surface area contributed by atoms with E-state index in [1.54, 1.807) is 6.20 Å². The summed E-state index contributed by atoms with van der Waals surface area (Å²) in [6, 6.07) is 5.85. The highest BCUT2D eigenvalue weighted by molar-refractivity contribution is 5.77. The van der Waals surface area contributed by atoms with Crippen LogP contribution in [-0.4, -0.2) is 47.7 Å². The van der Waals surface area contributed by atoms with Crippen molar-refractivity contribution >= 4 is 5.91 Å². The van der Waals surface area contributed by atoms with Crippen LogP contribution in [0.2, 0.25) is 0 Å². The average molecular weight is 332 g/mol. The van der Waals surface area contributed by atoms with E-state index in [1.807, 2.05) is 23.1 Å². The van der Waals surface area contributed by atoms with Crippen molar-refractivity contribution < 1.29 is 14.3 Å². The summed E-state index contributed by atoms with van der Waals surface area (Å²) in [5.74, 6) is 1.20. The van der Waals surface area contributed by atoms with E-state index in [0.717, 1.165) is 38.2 Å². The predicted octanol–water partition coefficient (Wildman–Crippen LogP) is 2.65. The summed E-state index contributed by atoms with van der Waals surface area (Å²) in [5, 5.41) is 0. The molecule has 0 N–H and O–H groups in total. The van der Waals surface area contributed by atoms with Gasteiger partial charge in [-0.1, -0.05) is 19.9 Å². The molecule has 2 aliphatic rings. The van der Waals surface area contributed by atoms with Gasteiger partial charge in [-0.15, -0.1) is 0 Å². The van der Waals surface area contributed by atoms with Gasteiger partial charge in [-0.2, -0.15) is 0 Å². The van der Waals surface area contributed by atoms with Crippen molar-refractivity contribution in [3.63, 3.8) is 0 Å². The number of pyridine rings is 1. The number of hydrogen-bond acceptors (Lipinski definition) is 4. The summed E-state index contributed by atoms with van der Waals surface area (Å²) in [4.78, 5) is 18.4. The number of hydrogen-bond donors (Lipinski definition) is 0. The first kappa shape index (κ1) is 17.4. The van der Waals surface area contributed by atoms with Crippen LogP contribution in [0.4, 0.5) is 0 Å². The first-order chi connectivity index (χ1) is 11.6. The predicted molar refractivity (Wildman–Crippen MR) is 91.3 cm³/mol. The number of ether oxygens (including phenoxy) is 2. The standard InChI is InChI=1S/C19H28N2O3/c1-15(2)6-7-18(22)21-13-19(14-21)16(8-10-24-19)11-23-12-17-5-3-4-9-20-17/h3-5,9,15-16H,6-8,10-14H2,1-2H3. The van der Waals surface area contributed by atoms with Crippen LogP contribution in [0.25, 0.3) is 0 Å². The number of carbonyl (C=O) groups excluding carboxylic acids is 1. The van der Waals surface area contributed by atoms with Crippen molar-refractivity contribution in [3.8, 4) is 0 Å². The van der Waals surface area contributed by atoms with Crippen LogP contribution in [0.15, 0.2) is 24.4 Å². The van der Waals surface area contributed by atoms with Gasteiger partial charge in [0.1, 0.15) is 5.60 Å². The minimum absolute atomic E-state index is 0.169. The van der Waals surface area contributed by atoms with Gasteiger partial charge < -0.3 is 14.4 Å². The molecule has 1 amide bonds. The third-order valence-electron chi connectivity index (χ3n) is 5.10. The second-order valence-electron chi connectivity index (χ2n) is 7.42. The van der Waals surface area contributed by atoms with Gasteiger partial charge in [0.25, 0.3) is 0 Å². The number of amides is 1. The third-order valence-corrected chi connectivity index (χ3v) is 5.10. The van der Waals surface area contributed by atoms with Crippen LogP contribution in [0.1, 0.15) is 38.8 Å². The van der Waals surface area contributed by atoms with Gasteiger partial charge in [-0.25, -0.2) is 0 Å². The number of likely N-dealkylation sites (tertiary alicyclic amines) is 1. The SMILES string of the molecule is CC(C)CCC(=O)N1CC2(C1)OCCC2COCc1ccccn1. The van der Waals surface area contributed by atoms with Crippen LogP contribution in [-0.2, 0) is 20.9 Å². The number of aromatic nitrogens is 1. The lowest BCUT2D eigenvalue weighted by Gasteiger charge is -2.50. The van der Waals surface area contributed by atoms with Crippen LogP contribution in [0, 0.1) is 11.8 Å². The van der Waals surface area contributed by atoms with Crippen molar-refractivity contribution in [2.75, 3.05) is 26.3 Å². The van der Waals surface area contributed by atoms with Crippen LogP contribution in [0.3, 0.4) is 0 Å². The number of carbonyl (C=O) groups is 1. The van der Waals surface area contributed by atoms with Crippen LogP contribution >= 0.6 is 0 Å². The lowest BCUT2D eigenvalue weighted by Crippen LogP contribution is -2.66. The van der Waals surface area contributed by atoms with Gasteiger partial charge in [0.2, 0.25) is 5.91 Å². The van der Waals surface area contributed by atoms with E-state index in [2.05, 4.69) is 18.8 Å². The smallest absolute Gasteiger partial charge is 0.222 e. The molecule has 132 valence electrons. The Morgan fingerprint density at radius 3 is 3.00 bits per heavy atom. The third kappa shape index (κ3) is 3.95. The Hall–Kier alpha value is -1.46. The lowest BCUT2D eigenvalue weighted by molar-refractivity contribution is -0.169. The summed E-state index contributed by atoms with van der Waals surface area (Å²) >= 11 is 0. The molecular weight excluding hydrogens is 304 g/mol. The fourth-order valence-corrected chi connectivity index (χ4v) is 3.51. The maximum Gasteiger partial charge on any atom is 0.222 e. The molecule has 1 unspecified atom stereocenters. The monoisotopic (exact) mass is 332 g/mol.